The van der Waals surface area contributed by atoms with Crippen molar-refractivity contribution >= 4 is 29.4 Å². The third kappa shape index (κ3) is 4.45. The number of benzene rings is 3. The Kier molecular flexibility index (Phi) is 6.27. The highest BCUT2D eigenvalue weighted by molar-refractivity contribution is 6.22. The maximum Gasteiger partial charge on any atom is 0.335 e. The predicted molar refractivity (Wildman–Crippen MR) is 127 cm³/mol. The van der Waals surface area contributed by atoms with Crippen molar-refractivity contribution in [2.24, 2.45) is 5.92 Å². The molecule has 0 radical (unpaired) electrons. The van der Waals surface area contributed by atoms with Crippen molar-refractivity contribution in [2.45, 2.75) is 26.8 Å². The number of aryl methyl sites for hydroxylation is 1. The smallest absolute Gasteiger partial charge is 0.335 e. The molecule has 172 valence electrons. The monoisotopic (exact) mass is 456 g/mol. The molecule has 1 unspecified atom stereocenters. The fourth-order valence-electron chi connectivity index (χ4n) is 3.83. The van der Waals surface area contributed by atoms with Crippen LogP contribution in [0, 0.1) is 12.8 Å². The Morgan fingerprint density at radius 3 is 1.91 bits per heavy atom. The second-order valence-electron chi connectivity index (χ2n) is 8.48. The standard InChI is InChI=1S/C27H24N2O5/c1-16(2)23(29-25(31)21-6-4-5-7-22(21)26(29)32)27(33)34-20-14-10-18(11-15-20)24(30)28-19-12-8-17(3)9-13-19/h4-16,23H,1-3H3,(H,28,30). The molecule has 0 bridgehead atoms. The fourth-order valence-corrected chi connectivity index (χ4v) is 3.83. The van der Waals surface area contributed by atoms with Crippen molar-refractivity contribution in [3.63, 3.8) is 0 Å². The van der Waals surface area contributed by atoms with Gasteiger partial charge in [-0.1, -0.05) is 43.7 Å². The Labute approximate surface area is 197 Å². The number of carbonyl (C=O) groups excluding carboxylic acids is 4. The van der Waals surface area contributed by atoms with Crippen LogP contribution in [0.15, 0.2) is 72.8 Å². The lowest BCUT2D eigenvalue weighted by Crippen LogP contribution is -2.49. The summed E-state index contributed by atoms with van der Waals surface area (Å²) in [7, 11) is 0. The quantitative estimate of drug-likeness (QED) is 0.336. The third-order valence-electron chi connectivity index (χ3n) is 5.62. The lowest BCUT2D eigenvalue weighted by Gasteiger charge is -2.27. The highest BCUT2D eigenvalue weighted by atomic mass is 16.5. The molecule has 34 heavy (non-hydrogen) atoms. The second kappa shape index (κ2) is 9.31. The molecule has 3 aromatic carbocycles. The van der Waals surface area contributed by atoms with Crippen LogP contribution in [0.3, 0.4) is 0 Å². The van der Waals surface area contributed by atoms with Crippen LogP contribution in [0.4, 0.5) is 5.69 Å². The van der Waals surface area contributed by atoms with Crippen LogP contribution in [0.5, 0.6) is 5.75 Å². The molecule has 0 fully saturated rings. The van der Waals surface area contributed by atoms with Crippen molar-refractivity contribution < 1.29 is 23.9 Å². The molecule has 1 atom stereocenters. The zero-order valence-corrected chi connectivity index (χ0v) is 19.1. The van der Waals surface area contributed by atoms with Gasteiger partial charge in [0, 0.05) is 11.3 Å². The van der Waals surface area contributed by atoms with E-state index in [0.29, 0.717) is 11.3 Å². The first-order chi connectivity index (χ1) is 16.3. The Bertz CT molecular complexity index is 1230. The fraction of sp³-hybridized carbons (Fsp3) is 0.185. The van der Waals surface area contributed by atoms with Crippen LogP contribution in [0.2, 0.25) is 0 Å². The topological polar surface area (TPSA) is 92.8 Å². The minimum absolute atomic E-state index is 0.208. The van der Waals surface area contributed by atoms with Gasteiger partial charge in [0.15, 0.2) is 0 Å². The van der Waals surface area contributed by atoms with E-state index in [0.717, 1.165) is 10.5 Å². The maximum absolute atomic E-state index is 13.0. The number of nitrogens with one attached hydrogen (secondary N) is 1. The van der Waals surface area contributed by atoms with Gasteiger partial charge in [-0.2, -0.15) is 0 Å². The molecule has 0 saturated heterocycles. The van der Waals surface area contributed by atoms with Gasteiger partial charge in [-0.3, -0.25) is 19.3 Å². The predicted octanol–water partition coefficient (Wildman–Crippen LogP) is 4.47. The number of anilines is 1. The van der Waals surface area contributed by atoms with Crippen molar-refractivity contribution in [3.05, 3.63) is 95.1 Å². The highest BCUT2D eigenvalue weighted by Crippen LogP contribution is 2.28. The van der Waals surface area contributed by atoms with Crippen LogP contribution < -0.4 is 10.1 Å². The van der Waals surface area contributed by atoms with Gasteiger partial charge in [-0.25, -0.2) is 4.79 Å². The van der Waals surface area contributed by atoms with E-state index in [1.807, 2.05) is 31.2 Å². The molecular formula is C27H24N2O5. The molecule has 0 aromatic heterocycles. The SMILES string of the molecule is Cc1ccc(NC(=O)c2ccc(OC(=O)C(C(C)C)N3C(=O)c4ccccc4C3=O)cc2)cc1. The van der Waals surface area contributed by atoms with Gasteiger partial charge < -0.3 is 10.1 Å². The van der Waals surface area contributed by atoms with Crippen molar-refractivity contribution in [1.82, 2.24) is 4.90 Å². The minimum atomic E-state index is -1.09. The summed E-state index contributed by atoms with van der Waals surface area (Å²) in [5.74, 6) is -2.21. The van der Waals surface area contributed by atoms with Crippen molar-refractivity contribution in [2.75, 3.05) is 5.32 Å². The summed E-state index contributed by atoms with van der Waals surface area (Å²) < 4.78 is 5.50. The van der Waals surface area contributed by atoms with Crippen LogP contribution in [0.25, 0.3) is 0 Å². The summed E-state index contributed by atoms with van der Waals surface area (Å²) in [6.07, 6.45) is 0. The zero-order valence-electron chi connectivity index (χ0n) is 19.1. The van der Waals surface area contributed by atoms with E-state index in [2.05, 4.69) is 5.32 Å². The normalized spacial score (nSPS) is 13.6. The Hall–Kier alpha value is -4.26. The van der Waals surface area contributed by atoms with Gasteiger partial charge in [0.05, 0.1) is 11.1 Å². The Balaban J connectivity index is 1.47. The lowest BCUT2D eigenvalue weighted by atomic mass is 10.0. The van der Waals surface area contributed by atoms with Gasteiger partial charge in [0.1, 0.15) is 11.8 Å². The summed E-state index contributed by atoms with van der Waals surface area (Å²) in [4.78, 5) is 52.2. The second-order valence-corrected chi connectivity index (χ2v) is 8.48. The first-order valence-electron chi connectivity index (χ1n) is 10.9. The average molecular weight is 456 g/mol. The van der Waals surface area contributed by atoms with Gasteiger partial charge >= 0.3 is 5.97 Å². The number of imide groups is 1. The third-order valence-corrected chi connectivity index (χ3v) is 5.62. The first kappa shape index (κ1) is 22.9. The summed E-state index contributed by atoms with van der Waals surface area (Å²) in [6, 6.07) is 18.9. The Morgan fingerprint density at radius 2 is 1.38 bits per heavy atom. The van der Waals surface area contributed by atoms with Gasteiger partial charge in [0.25, 0.3) is 17.7 Å². The molecule has 3 amide bonds. The molecule has 4 rings (SSSR count). The van der Waals surface area contributed by atoms with Crippen LogP contribution in [-0.2, 0) is 4.79 Å². The van der Waals surface area contributed by atoms with E-state index in [4.69, 9.17) is 4.74 Å². The number of carbonyl (C=O) groups is 4. The van der Waals surface area contributed by atoms with Crippen LogP contribution in [0.1, 0.15) is 50.5 Å². The number of ether oxygens (including phenoxy) is 1. The molecule has 7 heteroatoms. The number of fused-ring (bicyclic) bond motifs is 1. The highest BCUT2D eigenvalue weighted by Gasteiger charge is 2.44. The molecule has 7 nitrogen and oxygen atoms in total. The maximum atomic E-state index is 13.0. The number of nitrogens with zero attached hydrogens (tertiary/aromatic N) is 1. The lowest BCUT2D eigenvalue weighted by molar-refractivity contribution is -0.140. The van der Waals surface area contributed by atoms with E-state index in [1.165, 1.54) is 12.1 Å². The molecule has 1 heterocycles. The van der Waals surface area contributed by atoms with Gasteiger partial charge in [0.2, 0.25) is 0 Å². The molecule has 0 spiro atoms. The Morgan fingerprint density at radius 1 is 0.824 bits per heavy atom. The zero-order chi connectivity index (χ0) is 24.4. The molecule has 3 aromatic rings. The van der Waals surface area contributed by atoms with Crippen LogP contribution in [-0.4, -0.2) is 34.6 Å². The molecule has 0 aliphatic carbocycles. The van der Waals surface area contributed by atoms with E-state index in [-0.39, 0.29) is 28.7 Å². The molecule has 0 saturated carbocycles. The van der Waals surface area contributed by atoms with Crippen molar-refractivity contribution in [3.8, 4) is 5.75 Å². The van der Waals surface area contributed by atoms with E-state index in [9.17, 15) is 19.2 Å². The summed E-state index contributed by atoms with van der Waals surface area (Å²) >= 11 is 0. The molecule has 1 N–H and O–H groups in total. The number of esters is 1. The largest absolute Gasteiger partial charge is 0.425 e. The van der Waals surface area contributed by atoms with E-state index in [1.54, 1.807) is 50.2 Å². The van der Waals surface area contributed by atoms with Gasteiger partial charge in [-0.15, -0.1) is 0 Å². The number of amides is 3. The summed E-state index contributed by atoms with van der Waals surface area (Å²) in [5, 5.41) is 2.81. The summed E-state index contributed by atoms with van der Waals surface area (Å²) in [6.45, 7) is 5.45. The van der Waals surface area contributed by atoms with Gasteiger partial charge in [-0.05, 0) is 61.4 Å². The average Bonchev–Trinajstić information content (AvgIpc) is 3.06. The van der Waals surface area contributed by atoms with E-state index < -0.39 is 23.8 Å². The molecule has 1 aliphatic heterocycles. The first-order valence-corrected chi connectivity index (χ1v) is 10.9. The molecular weight excluding hydrogens is 432 g/mol. The number of hydrogen-bond acceptors (Lipinski definition) is 5. The number of rotatable bonds is 6. The minimum Gasteiger partial charge on any atom is -0.425 e. The van der Waals surface area contributed by atoms with E-state index >= 15 is 0 Å². The molecule has 1 aliphatic rings. The summed E-state index contributed by atoms with van der Waals surface area (Å²) in [5.41, 5.74) is 2.70. The van der Waals surface area contributed by atoms with Crippen LogP contribution >= 0.6 is 0 Å². The van der Waals surface area contributed by atoms with Crippen molar-refractivity contribution in [1.29, 1.82) is 0 Å². The number of hydrogen-bond donors (Lipinski definition) is 1.